The number of halogens is 1. The predicted octanol–water partition coefficient (Wildman–Crippen LogP) is 2.58. The first-order valence-corrected chi connectivity index (χ1v) is 10.2. The lowest BCUT2D eigenvalue weighted by Gasteiger charge is -2.31. The number of pyridine rings is 1. The predicted molar refractivity (Wildman–Crippen MR) is 100 cm³/mol. The lowest BCUT2D eigenvalue weighted by Crippen LogP contribution is -2.41. The fourth-order valence-electron chi connectivity index (χ4n) is 2.98. The largest absolute Gasteiger partial charge is 0.490 e. The molecule has 0 N–H and O–H groups in total. The van der Waals surface area contributed by atoms with Crippen LogP contribution in [0.25, 0.3) is 0 Å². The Labute approximate surface area is 158 Å². The average molecular weight is 397 g/mol. The number of benzene rings is 1. The minimum Gasteiger partial charge on any atom is -0.490 e. The molecule has 3 rings (SSSR count). The molecule has 0 radical (unpaired) electrons. The second kappa shape index (κ2) is 7.42. The molecule has 1 fully saturated rings. The van der Waals surface area contributed by atoms with Gasteiger partial charge in [-0.2, -0.15) is 4.31 Å². The Hall–Kier alpha value is -1.83. The van der Waals surface area contributed by atoms with Gasteiger partial charge in [-0.15, -0.1) is 0 Å². The van der Waals surface area contributed by atoms with E-state index >= 15 is 0 Å². The SMILES string of the molecule is Cc1cc(OC2CCN(S(=O)(=O)c3ccccc3Cl)CC2)cc(=O)n1C. The molecule has 0 aliphatic carbocycles. The minimum absolute atomic E-state index is 0.126. The summed E-state index contributed by atoms with van der Waals surface area (Å²) in [5, 5.41) is 0.224. The molecule has 1 aromatic carbocycles. The zero-order valence-corrected chi connectivity index (χ0v) is 16.3. The molecule has 2 aromatic rings. The molecule has 140 valence electrons. The van der Waals surface area contributed by atoms with Gasteiger partial charge in [-0.05, 0) is 38.0 Å². The van der Waals surface area contributed by atoms with Gasteiger partial charge in [0.1, 0.15) is 16.7 Å². The average Bonchev–Trinajstić information content (AvgIpc) is 2.60. The van der Waals surface area contributed by atoms with E-state index in [1.807, 2.05) is 13.0 Å². The highest BCUT2D eigenvalue weighted by molar-refractivity contribution is 7.89. The van der Waals surface area contributed by atoms with Crippen molar-refractivity contribution in [1.82, 2.24) is 8.87 Å². The second-order valence-electron chi connectivity index (χ2n) is 6.38. The molecule has 6 nitrogen and oxygen atoms in total. The Morgan fingerprint density at radius 2 is 1.81 bits per heavy atom. The van der Waals surface area contributed by atoms with E-state index in [9.17, 15) is 13.2 Å². The van der Waals surface area contributed by atoms with E-state index in [1.165, 1.54) is 16.4 Å². The summed E-state index contributed by atoms with van der Waals surface area (Å²) in [6.07, 6.45) is 0.981. The van der Waals surface area contributed by atoms with Gasteiger partial charge in [-0.1, -0.05) is 23.7 Å². The van der Waals surface area contributed by atoms with E-state index in [4.69, 9.17) is 16.3 Å². The summed E-state index contributed by atoms with van der Waals surface area (Å²) in [6, 6.07) is 9.72. The van der Waals surface area contributed by atoms with E-state index in [0.717, 1.165) is 5.69 Å². The molecule has 2 heterocycles. The third-order valence-corrected chi connectivity index (χ3v) is 7.03. The van der Waals surface area contributed by atoms with Gasteiger partial charge in [-0.25, -0.2) is 8.42 Å². The van der Waals surface area contributed by atoms with E-state index in [2.05, 4.69) is 0 Å². The van der Waals surface area contributed by atoms with Crippen molar-refractivity contribution in [2.75, 3.05) is 13.1 Å². The molecule has 8 heteroatoms. The highest BCUT2D eigenvalue weighted by Crippen LogP contribution is 2.27. The van der Waals surface area contributed by atoms with Crippen LogP contribution in [0.5, 0.6) is 5.75 Å². The molecule has 1 saturated heterocycles. The van der Waals surface area contributed by atoms with Gasteiger partial charge in [0.15, 0.2) is 0 Å². The van der Waals surface area contributed by atoms with Crippen LogP contribution in [0.15, 0.2) is 46.1 Å². The third kappa shape index (κ3) is 3.79. The molecule has 0 amide bonds. The van der Waals surface area contributed by atoms with Crippen molar-refractivity contribution >= 4 is 21.6 Å². The molecule has 0 bridgehead atoms. The van der Waals surface area contributed by atoms with Gasteiger partial charge < -0.3 is 9.30 Å². The Kier molecular flexibility index (Phi) is 5.41. The van der Waals surface area contributed by atoms with E-state index in [0.29, 0.717) is 31.7 Å². The quantitative estimate of drug-likeness (QED) is 0.796. The summed E-state index contributed by atoms with van der Waals surface area (Å²) in [5.41, 5.74) is 0.685. The summed E-state index contributed by atoms with van der Waals surface area (Å²) in [5.74, 6) is 0.526. The highest BCUT2D eigenvalue weighted by Gasteiger charge is 2.31. The minimum atomic E-state index is -3.62. The van der Waals surface area contributed by atoms with Crippen LogP contribution in [-0.4, -0.2) is 36.5 Å². The van der Waals surface area contributed by atoms with Crippen molar-refractivity contribution in [1.29, 1.82) is 0 Å². The summed E-state index contributed by atoms with van der Waals surface area (Å²) < 4.78 is 34.4. The lowest BCUT2D eigenvalue weighted by atomic mass is 10.1. The van der Waals surface area contributed by atoms with Gasteiger partial charge in [0.05, 0.1) is 5.02 Å². The Bertz CT molecular complexity index is 963. The first-order chi connectivity index (χ1) is 12.3. The van der Waals surface area contributed by atoms with Gasteiger partial charge in [0.25, 0.3) is 5.56 Å². The van der Waals surface area contributed by atoms with Crippen LogP contribution in [0.2, 0.25) is 5.02 Å². The zero-order valence-electron chi connectivity index (χ0n) is 14.7. The van der Waals surface area contributed by atoms with Crippen LogP contribution in [-0.2, 0) is 17.1 Å². The normalized spacial score (nSPS) is 16.6. The standard InChI is InChI=1S/C18H21ClN2O4S/c1-13-11-15(12-18(22)20(13)2)25-14-7-9-21(10-8-14)26(23,24)17-6-4-3-5-16(17)19/h3-6,11-12,14H,7-10H2,1-2H3. The third-order valence-electron chi connectivity index (χ3n) is 4.63. The summed E-state index contributed by atoms with van der Waals surface area (Å²) >= 11 is 6.04. The smallest absolute Gasteiger partial charge is 0.254 e. The van der Waals surface area contributed by atoms with Gasteiger partial charge in [0.2, 0.25) is 10.0 Å². The maximum atomic E-state index is 12.8. The number of nitrogens with zero attached hydrogens (tertiary/aromatic N) is 2. The van der Waals surface area contributed by atoms with Gasteiger partial charge in [0, 0.05) is 31.9 Å². The highest BCUT2D eigenvalue weighted by atomic mass is 35.5. The molecule has 0 unspecified atom stereocenters. The molecular weight excluding hydrogens is 376 g/mol. The van der Waals surface area contributed by atoms with Crippen molar-refractivity contribution in [3.63, 3.8) is 0 Å². The molecule has 0 spiro atoms. The van der Waals surface area contributed by atoms with Crippen LogP contribution in [0.3, 0.4) is 0 Å². The first-order valence-electron chi connectivity index (χ1n) is 8.38. The number of piperidine rings is 1. The van der Waals surface area contributed by atoms with Crippen LogP contribution in [0.1, 0.15) is 18.5 Å². The van der Waals surface area contributed by atoms with Crippen molar-refractivity contribution in [2.24, 2.45) is 7.05 Å². The van der Waals surface area contributed by atoms with Crippen LogP contribution >= 0.6 is 11.6 Å². The molecule has 1 aliphatic heterocycles. The van der Waals surface area contributed by atoms with Crippen LogP contribution in [0, 0.1) is 6.92 Å². The lowest BCUT2D eigenvalue weighted by molar-refractivity contribution is 0.134. The maximum absolute atomic E-state index is 12.8. The number of sulfonamides is 1. The van der Waals surface area contributed by atoms with Crippen molar-refractivity contribution < 1.29 is 13.2 Å². The van der Waals surface area contributed by atoms with Crippen LogP contribution < -0.4 is 10.3 Å². The first kappa shape index (κ1) is 18.9. The molecule has 0 saturated carbocycles. The number of hydrogen-bond acceptors (Lipinski definition) is 4. The second-order valence-corrected chi connectivity index (χ2v) is 8.69. The number of aryl methyl sites for hydroxylation is 1. The van der Waals surface area contributed by atoms with Crippen molar-refractivity contribution in [3.05, 3.63) is 57.5 Å². The zero-order chi connectivity index (χ0) is 18.9. The van der Waals surface area contributed by atoms with Crippen LogP contribution in [0.4, 0.5) is 0 Å². The topological polar surface area (TPSA) is 68.6 Å². The molecule has 1 aliphatic rings. The number of aromatic nitrogens is 1. The fourth-order valence-corrected chi connectivity index (χ4v) is 4.94. The van der Waals surface area contributed by atoms with Crippen molar-refractivity contribution in [2.45, 2.75) is 30.8 Å². The monoisotopic (exact) mass is 396 g/mol. The number of rotatable bonds is 4. The summed E-state index contributed by atoms with van der Waals surface area (Å²) in [4.78, 5) is 12.0. The van der Waals surface area contributed by atoms with Gasteiger partial charge >= 0.3 is 0 Å². The Morgan fingerprint density at radius 1 is 1.15 bits per heavy atom. The maximum Gasteiger partial charge on any atom is 0.254 e. The molecule has 0 atom stereocenters. The number of hydrogen-bond donors (Lipinski definition) is 0. The van der Waals surface area contributed by atoms with Gasteiger partial charge in [-0.3, -0.25) is 4.79 Å². The molecule has 26 heavy (non-hydrogen) atoms. The summed E-state index contributed by atoms with van der Waals surface area (Å²) in [6.45, 7) is 2.54. The van der Waals surface area contributed by atoms with E-state index < -0.39 is 10.0 Å². The van der Waals surface area contributed by atoms with Crippen molar-refractivity contribution in [3.8, 4) is 5.75 Å². The Balaban J connectivity index is 1.68. The fraction of sp³-hybridized carbons (Fsp3) is 0.389. The Morgan fingerprint density at radius 3 is 2.42 bits per heavy atom. The molecule has 1 aromatic heterocycles. The van der Waals surface area contributed by atoms with E-state index in [-0.39, 0.29) is 21.6 Å². The van der Waals surface area contributed by atoms with E-state index in [1.54, 1.807) is 29.8 Å². The molecular formula is C18H21ClN2O4S. The summed E-state index contributed by atoms with van der Waals surface area (Å²) in [7, 11) is -1.91. The number of ether oxygens (including phenoxy) is 1.